The standard InChI is InChI=1S/C21H25F2N3O/c1-14(25-15(2)17-8-11-19(21(22)23)24-13-17)16-6-9-18(10-7-16)26-12-4-3-5-20(26)27/h6-11,13-15,21,25H,3-5,12H2,1-2H3. The third-order valence-electron chi connectivity index (χ3n) is 5.06. The van der Waals surface area contributed by atoms with E-state index in [0.29, 0.717) is 6.42 Å². The molecule has 1 saturated heterocycles. The van der Waals surface area contributed by atoms with Crippen LogP contribution in [0.5, 0.6) is 0 Å². The second-order valence-corrected chi connectivity index (χ2v) is 7.02. The number of aromatic nitrogens is 1. The molecule has 1 aliphatic rings. The summed E-state index contributed by atoms with van der Waals surface area (Å²) in [6.45, 7) is 4.82. The third kappa shape index (κ3) is 4.69. The van der Waals surface area contributed by atoms with Gasteiger partial charge in [0.15, 0.2) is 0 Å². The van der Waals surface area contributed by atoms with E-state index >= 15 is 0 Å². The molecule has 2 heterocycles. The molecule has 1 aliphatic heterocycles. The van der Waals surface area contributed by atoms with Gasteiger partial charge >= 0.3 is 0 Å². The Labute approximate surface area is 158 Å². The summed E-state index contributed by atoms with van der Waals surface area (Å²) in [6, 6.07) is 11.1. The molecule has 1 aromatic heterocycles. The van der Waals surface area contributed by atoms with Gasteiger partial charge in [-0.3, -0.25) is 9.78 Å². The second-order valence-electron chi connectivity index (χ2n) is 7.02. The lowest BCUT2D eigenvalue weighted by Crippen LogP contribution is -2.35. The van der Waals surface area contributed by atoms with E-state index in [1.807, 2.05) is 36.1 Å². The van der Waals surface area contributed by atoms with Gasteiger partial charge in [-0.05, 0) is 56.0 Å². The van der Waals surface area contributed by atoms with Crippen LogP contribution in [0.4, 0.5) is 14.5 Å². The van der Waals surface area contributed by atoms with E-state index in [1.165, 1.54) is 12.3 Å². The van der Waals surface area contributed by atoms with Gasteiger partial charge in [-0.25, -0.2) is 8.78 Å². The van der Waals surface area contributed by atoms with Crippen LogP contribution in [0.3, 0.4) is 0 Å². The Balaban J connectivity index is 1.63. The predicted molar refractivity (Wildman–Crippen MR) is 102 cm³/mol. The molecule has 4 nitrogen and oxygen atoms in total. The zero-order valence-electron chi connectivity index (χ0n) is 15.7. The third-order valence-corrected chi connectivity index (χ3v) is 5.06. The highest BCUT2D eigenvalue weighted by molar-refractivity contribution is 5.93. The van der Waals surface area contributed by atoms with E-state index in [0.717, 1.165) is 36.2 Å². The molecule has 0 bridgehead atoms. The molecule has 1 amide bonds. The molecule has 1 fully saturated rings. The summed E-state index contributed by atoms with van der Waals surface area (Å²) >= 11 is 0. The summed E-state index contributed by atoms with van der Waals surface area (Å²) in [5.74, 6) is 0.188. The van der Waals surface area contributed by atoms with Crippen LogP contribution >= 0.6 is 0 Å². The average Bonchev–Trinajstić information content (AvgIpc) is 2.68. The van der Waals surface area contributed by atoms with E-state index in [4.69, 9.17) is 0 Å². The van der Waals surface area contributed by atoms with E-state index in [2.05, 4.69) is 17.2 Å². The van der Waals surface area contributed by atoms with Gasteiger partial charge in [0.05, 0.1) is 0 Å². The number of piperidine rings is 1. The lowest BCUT2D eigenvalue weighted by molar-refractivity contribution is -0.119. The molecular weight excluding hydrogens is 348 g/mol. The zero-order chi connectivity index (χ0) is 19.4. The summed E-state index contributed by atoms with van der Waals surface area (Å²) in [5.41, 5.74) is 2.70. The number of carbonyl (C=O) groups excluding carboxylic acids is 1. The van der Waals surface area contributed by atoms with E-state index in [-0.39, 0.29) is 23.7 Å². The van der Waals surface area contributed by atoms with Gasteiger partial charge in [-0.2, -0.15) is 0 Å². The van der Waals surface area contributed by atoms with Crippen molar-refractivity contribution < 1.29 is 13.6 Å². The Morgan fingerprint density at radius 2 is 1.67 bits per heavy atom. The number of nitrogens with zero attached hydrogens (tertiary/aromatic N) is 2. The first kappa shape index (κ1) is 19.4. The number of nitrogens with one attached hydrogen (secondary N) is 1. The van der Waals surface area contributed by atoms with Gasteiger partial charge in [-0.15, -0.1) is 0 Å². The first-order chi connectivity index (χ1) is 13.0. The summed E-state index contributed by atoms with van der Waals surface area (Å²) in [4.78, 5) is 17.7. The average molecular weight is 373 g/mol. The molecule has 0 radical (unpaired) electrons. The Morgan fingerprint density at radius 3 is 2.26 bits per heavy atom. The quantitative estimate of drug-likeness (QED) is 0.779. The molecule has 144 valence electrons. The largest absolute Gasteiger partial charge is 0.312 e. The van der Waals surface area contributed by atoms with Crippen molar-refractivity contribution in [3.8, 4) is 0 Å². The summed E-state index contributed by atoms with van der Waals surface area (Å²) < 4.78 is 25.2. The molecule has 27 heavy (non-hydrogen) atoms. The van der Waals surface area contributed by atoms with Gasteiger partial charge in [0, 0.05) is 36.9 Å². The summed E-state index contributed by atoms with van der Waals surface area (Å²) in [7, 11) is 0. The fourth-order valence-corrected chi connectivity index (χ4v) is 3.39. The van der Waals surface area contributed by atoms with Crippen LogP contribution in [-0.4, -0.2) is 17.4 Å². The van der Waals surface area contributed by atoms with Crippen LogP contribution in [0, 0.1) is 0 Å². The molecule has 2 unspecified atom stereocenters. The minimum Gasteiger partial charge on any atom is -0.312 e. The minimum absolute atomic E-state index is 0.0254. The number of halogens is 2. The summed E-state index contributed by atoms with van der Waals surface area (Å²) in [5, 5.41) is 3.46. The fourth-order valence-electron chi connectivity index (χ4n) is 3.39. The van der Waals surface area contributed by atoms with Gasteiger partial charge < -0.3 is 10.2 Å². The van der Waals surface area contributed by atoms with Gasteiger partial charge in [0.1, 0.15) is 5.69 Å². The van der Waals surface area contributed by atoms with Gasteiger partial charge in [0.25, 0.3) is 6.43 Å². The highest BCUT2D eigenvalue weighted by Crippen LogP contribution is 2.25. The van der Waals surface area contributed by atoms with Crippen molar-refractivity contribution in [2.24, 2.45) is 0 Å². The Morgan fingerprint density at radius 1 is 1.00 bits per heavy atom. The molecule has 2 aromatic rings. The van der Waals surface area contributed by atoms with E-state index in [9.17, 15) is 13.6 Å². The predicted octanol–water partition coefficient (Wildman–Crippen LogP) is 4.95. The molecule has 1 N–H and O–H groups in total. The lowest BCUT2D eigenvalue weighted by Gasteiger charge is -2.27. The number of hydrogen-bond acceptors (Lipinski definition) is 3. The van der Waals surface area contributed by atoms with Crippen molar-refractivity contribution in [3.63, 3.8) is 0 Å². The van der Waals surface area contributed by atoms with Crippen molar-refractivity contribution in [2.45, 2.75) is 51.6 Å². The van der Waals surface area contributed by atoms with E-state index < -0.39 is 6.43 Å². The molecule has 0 aliphatic carbocycles. The number of anilines is 1. The van der Waals surface area contributed by atoms with Crippen LogP contribution < -0.4 is 10.2 Å². The monoisotopic (exact) mass is 373 g/mol. The number of carbonyl (C=O) groups is 1. The molecule has 1 aromatic carbocycles. The van der Waals surface area contributed by atoms with Crippen molar-refractivity contribution in [1.29, 1.82) is 0 Å². The Hall–Kier alpha value is -2.34. The zero-order valence-corrected chi connectivity index (χ0v) is 15.7. The first-order valence-electron chi connectivity index (χ1n) is 9.36. The minimum atomic E-state index is -2.55. The Kier molecular flexibility index (Phi) is 6.16. The van der Waals surface area contributed by atoms with Crippen LogP contribution in [0.15, 0.2) is 42.6 Å². The first-order valence-corrected chi connectivity index (χ1v) is 9.36. The normalized spacial score (nSPS) is 17.2. The number of benzene rings is 1. The van der Waals surface area contributed by atoms with Crippen molar-refractivity contribution in [1.82, 2.24) is 10.3 Å². The van der Waals surface area contributed by atoms with Crippen molar-refractivity contribution in [2.75, 3.05) is 11.4 Å². The van der Waals surface area contributed by atoms with E-state index in [1.54, 1.807) is 6.07 Å². The fraction of sp³-hybridized carbons (Fsp3) is 0.429. The second kappa shape index (κ2) is 8.57. The molecule has 0 saturated carbocycles. The SMILES string of the molecule is CC(NC(C)c1ccc(C(F)F)nc1)c1ccc(N2CCCCC2=O)cc1. The number of pyridine rings is 1. The highest BCUT2D eigenvalue weighted by Gasteiger charge is 2.20. The smallest absolute Gasteiger partial charge is 0.280 e. The van der Waals surface area contributed by atoms with Crippen molar-refractivity contribution in [3.05, 3.63) is 59.4 Å². The molecule has 6 heteroatoms. The van der Waals surface area contributed by atoms with Gasteiger partial charge in [-0.1, -0.05) is 18.2 Å². The topological polar surface area (TPSA) is 45.2 Å². The molecule has 3 rings (SSSR count). The maximum Gasteiger partial charge on any atom is 0.280 e. The summed E-state index contributed by atoms with van der Waals surface area (Å²) in [6.07, 6.45) is 1.58. The maximum absolute atomic E-state index is 12.6. The number of alkyl halides is 2. The van der Waals surface area contributed by atoms with Crippen molar-refractivity contribution >= 4 is 11.6 Å². The van der Waals surface area contributed by atoms with Crippen LogP contribution in [0.2, 0.25) is 0 Å². The molecule has 2 atom stereocenters. The van der Waals surface area contributed by atoms with Crippen LogP contribution in [0.1, 0.15) is 68.4 Å². The molecular formula is C21H25F2N3O. The van der Waals surface area contributed by atoms with Crippen LogP contribution in [-0.2, 0) is 4.79 Å². The maximum atomic E-state index is 12.6. The number of hydrogen-bond donors (Lipinski definition) is 1. The lowest BCUT2D eigenvalue weighted by atomic mass is 10.0. The number of rotatable bonds is 6. The molecule has 0 spiro atoms. The number of amides is 1. The van der Waals surface area contributed by atoms with Gasteiger partial charge in [0.2, 0.25) is 5.91 Å². The highest BCUT2D eigenvalue weighted by atomic mass is 19.3. The Bertz CT molecular complexity index is 762. The van der Waals surface area contributed by atoms with Crippen LogP contribution in [0.25, 0.3) is 0 Å².